The number of ether oxygens (including phenoxy) is 2. The first-order chi connectivity index (χ1) is 21.1. The van der Waals surface area contributed by atoms with Gasteiger partial charge in [0.05, 0.1) is 23.6 Å². The van der Waals surface area contributed by atoms with Gasteiger partial charge in [0.2, 0.25) is 0 Å². The molecule has 2 unspecified atom stereocenters. The van der Waals surface area contributed by atoms with Crippen molar-refractivity contribution in [3.8, 4) is 0 Å². The van der Waals surface area contributed by atoms with E-state index in [1.807, 2.05) is 30.6 Å². The summed E-state index contributed by atoms with van der Waals surface area (Å²) in [6.07, 6.45) is 8.74. The number of aryl methyl sites for hydroxylation is 2. The lowest BCUT2D eigenvalue weighted by Gasteiger charge is -2.55. The van der Waals surface area contributed by atoms with E-state index in [0.717, 1.165) is 82.4 Å². The molecule has 3 amide bonds. The molecule has 0 aromatic carbocycles. The number of hydrogen-bond acceptors (Lipinski definition) is 8. The Balaban J connectivity index is 1.17. The molecule has 44 heavy (non-hydrogen) atoms. The lowest BCUT2D eigenvalue weighted by atomic mass is 9.74. The molecule has 4 aliphatic heterocycles. The molecule has 11 heteroatoms. The number of likely N-dealkylation sites (tertiary alicyclic amines) is 3. The second-order valence-corrected chi connectivity index (χ2v) is 13.7. The van der Waals surface area contributed by atoms with Gasteiger partial charge in [-0.25, -0.2) is 19.6 Å². The van der Waals surface area contributed by atoms with Crippen LogP contribution in [0.25, 0.3) is 0 Å². The Morgan fingerprint density at radius 2 is 1.66 bits per heavy atom. The number of nitrogens with zero attached hydrogens (tertiary/aromatic N) is 6. The van der Waals surface area contributed by atoms with Crippen LogP contribution in [0.1, 0.15) is 93.9 Å². The summed E-state index contributed by atoms with van der Waals surface area (Å²) >= 11 is 0. The summed E-state index contributed by atoms with van der Waals surface area (Å²) < 4.78 is 11.6. The third-order valence-corrected chi connectivity index (χ3v) is 10.9. The van der Waals surface area contributed by atoms with Gasteiger partial charge in [-0.3, -0.25) is 9.69 Å². The number of amides is 3. The third-order valence-electron chi connectivity index (χ3n) is 10.9. The molecule has 5 rings (SSSR count). The summed E-state index contributed by atoms with van der Waals surface area (Å²) in [5.74, 6) is 0.579. The third kappa shape index (κ3) is 6.67. The number of aromatic nitrogens is 2. The summed E-state index contributed by atoms with van der Waals surface area (Å²) in [7, 11) is 0. The van der Waals surface area contributed by atoms with Gasteiger partial charge in [-0.2, -0.15) is 0 Å². The molecule has 0 bridgehead atoms. The Bertz CT molecular complexity index is 1170. The number of hydrogen-bond donors (Lipinski definition) is 0. The van der Waals surface area contributed by atoms with Crippen molar-refractivity contribution in [3.05, 3.63) is 23.3 Å². The fourth-order valence-corrected chi connectivity index (χ4v) is 7.96. The van der Waals surface area contributed by atoms with Gasteiger partial charge in [0.1, 0.15) is 11.9 Å². The molecule has 4 aliphatic rings. The van der Waals surface area contributed by atoms with Crippen LogP contribution in [-0.4, -0.2) is 118 Å². The van der Waals surface area contributed by atoms with Gasteiger partial charge in [-0.1, -0.05) is 19.8 Å². The van der Waals surface area contributed by atoms with E-state index < -0.39 is 5.60 Å². The molecule has 0 saturated carbocycles. The van der Waals surface area contributed by atoms with Crippen LogP contribution in [-0.2, 0) is 9.47 Å². The van der Waals surface area contributed by atoms with Crippen LogP contribution in [0.4, 0.5) is 9.59 Å². The largest absolute Gasteiger partial charge is 0.450 e. The first kappa shape index (κ1) is 32.4. The average molecular weight is 613 g/mol. The molecule has 0 aliphatic carbocycles. The standard InChI is InChI=1S/C33H52N6O5/c1-6-8-9-27-22-38(21-26-10-15-37(20-26)30(41)43-7-2)31(42)44-33(27)13-18-39(19-14-33)32(5)11-16-36(17-12-32)29(40)28-24(3)34-23-35-25(28)4/h23,26-27H,6-22H2,1-5H3. The fraction of sp³-hybridized carbons (Fsp3) is 0.788. The molecule has 1 spiro atoms. The van der Waals surface area contributed by atoms with E-state index in [0.29, 0.717) is 50.8 Å². The van der Waals surface area contributed by atoms with Crippen molar-refractivity contribution in [3.63, 3.8) is 0 Å². The highest BCUT2D eigenvalue weighted by molar-refractivity contribution is 5.96. The molecule has 2 atom stereocenters. The summed E-state index contributed by atoms with van der Waals surface area (Å²) in [5, 5.41) is 0. The predicted octanol–water partition coefficient (Wildman–Crippen LogP) is 4.66. The molecule has 0 radical (unpaired) electrons. The molecule has 1 aromatic rings. The van der Waals surface area contributed by atoms with Gasteiger partial charge in [-0.15, -0.1) is 0 Å². The normalized spacial score (nSPS) is 25.3. The SMILES string of the molecule is CCCCC1CN(CC2CCN(C(=O)OCC)C2)C(=O)OC12CCN(C1(C)CCN(C(=O)c3c(C)ncnc3C)CC1)CC2. The van der Waals surface area contributed by atoms with Crippen LogP contribution < -0.4 is 0 Å². The molecule has 5 heterocycles. The van der Waals surface area contributed by atoms with Crippen LogP contribution in [0.5, 0.6) is 0 Å². The van der Waals surface area contributed by atoms with Crippen LogP contribution in [0.2, 0.25) is 0 Å². The maximum absolute atomic E-state index is 13.4. The van der Waals surface area contributed by atoms with Gasteiger partial charge in [0.15, 0.2) is 0 Å². The molecule has 11 nitrogen and oxygen atoms in total. The fourth-order valence-electron chi connectivity index (χ4n) is 7.96. The Morgan fingerprint density at radius 1 is 0.977 bits per heavy atom. The van der Waals surface area contributed by atoms with E-state index in [2.05, 4.69) is 28.7 Å². The van der Waals surface area contributed by atoms with Crippen LogP contribution in [0, 0.1) is 25.7 Å². The maximum atomic E-state index is 13.4. The van der Waals surface area contributed by atoms with E-state index in [-0.39, 0.29) is 29.6 Å². The molecule has 4 saturated heterocycles. The Labute approximate surface area is 262 Å². The van der Waals surface area contributed by atoms with Crippen LogP contribution >= 0.6 is 0 Å². The van der Waals surface area contributed by atoms with E-state index >= 15 is 0 Å². The quantitative estimate of drug-likeness (QED) is 0.417. The number of unbranched alkanes of at least 4 members (excludes halogenated alkanes) is 1. The zero-order valence-corrected chi connectivity index (χ0v) is 27.5. The topological polar surface area (TPSA) is 108 Å². The van der Waals surface area contributed by atoms with E-state index in [1.54, 1.807) is 4.90 Å². The lowest BCUT2D eigenvalue weighted by Crippen LogP contribution is -2.64. The van der Waals surface area contributed by atoms with Gasteiger partial charge in [-0.05, 0) is 59.3 Å². The zero-order chi connectivity index (χ0) is 31.5. The second kappa shape index (κ2) is 13.6. The Kier molecular flexibility index (Phi) is 10.0. The molecular weight excluding hydrogens is 560 g/mol. The van der Waals surface area contributed by atoms with Gasteiger partial charge < -0.3 is 24.2 Å². The van der Waals surface area contributed by atoms with Crippen molar-refractivity contribution in [1.29, 1.82) is 0 Å². The van der Waals surface area contributed by atoms with E-state index in [9.17, 15) is 14.4 Å². The first-order valence-corrected chi connectivity index (χ1v) is 16.8. The van der Waals surface area contributed by atoms with Gasteiger partial charge in [0.25, 0.3) is 5.91 Å². The van der Waals surface area contributed by atoms with Crippen molar-refractivity contribution in [1.82, 2.24) is 29.6 Å². The summed E-state index contributed by atoms with van der Waals surface area (Å²) in [6.45, 7) is 16.4. The van der Waals surface area contributed by atoms with Gasteiger partial charge in [0, 0.05) is 76.7 Å². The van der Waals surface area contributed by atoms with Crippen molar-refractivity contribution in [2.45, 2.75) is 97.1 Å². The molecule has 0 N–H and O–H groups in total. The highest BCUT2D eigenvalue weighted by Crippen LogP contribution is 2.43. The number of carbonyl (C=O) groups is 3. The highest BCUT2D eigenvalue weighted by Gasteiger charge is 2.52. The van der Waals surface area contributed by atoms with E-state index in [1.165, 1.54) is 6.33 Å². The smallest absolute Gasteiger partial charge is 0.410 e. The van der Waals surface area contributed by atoms with Crippen molar-refractivity contribution in [2.24, 2.45) is 11.8 Å². The Morgan fingerprint density at radius 3 is 2.30 bits per heavy atom. The number of piperidine rings is 2. The van der Waals surface area contributed by atoms with Crippen LogP contribution in [0.3, 0.4) is 0 Å². The minimum absolute atomic E-state index is 0.00651. The lowest BCUT2D eigenvalue weighted by molar-refractivity contribution is -0.134. The van der Waals surface area contributed by atoms with Crippen molar-refractivity contribution < 1.29 is 23.9 Å². The summed E-state index contributed by atoms with van der Waals surface area (Å²) in [6, 6.07) is 0. The number of rotatable bonds is 8. The number of carbonyl (C=O) groups excluding carboxylic acids is 3. The van der Waals surface area contributed by atoms with Gasteiger partial charge >= 0.3 is 12.2 Å². The average Bonchev–Trinajstić information content (AvgIpc) is 3.47. The second-order valence-electron chi connectivity index (χ2n) is 13.7. The zero-order valence-electron chi connectivity index (χ0n) is 27.5. The Hall–Kier alpha value is -2.95. The van der Waals surface area contributed by atoms with Crippen LogP contribution in [0.15, 0.2) is 6.33 Å². The monoisotopic (exact) mass is 612 g/mol. The predicted molar refractivity (Wildman–Crippen MR) is 166 cm³/mol. The van der Waals surface area contributed by atoms with Crippen molar-refractivity contribution >= 4 is 18.1 Å². The molecular formula is C33H52N6O5. The summed E-state index contributed by atoms with van der Waals surface area (Å²) in [4.78, 5) is 55.7. The molecule has 4 fully saturated rings. The van der Waals surface area contributed by atoms with E-state index in [4.69, 9.17) is 9.47 Å². The molecule has 1 aromatic heterocycles. The minimum atomic E-state index is -0.415. The first-order valence-electron chi connectivity index (χ1n) is 16.8. The van der Waals surface area contributed by atoms with Crippen molar-refractivity contribution in [2.75, 3.05) is 59.0 Å². The highest BCUT2D eigenvalue weighted by atomic mass is 16.6. The minimum Gasteiger partial charge on any atom is -0.450 e. The summed E-state index contributed by atoms with van der Waals surface area (Å²) in [5.41, 5.74) is 1.69. The molecule has 244 valence electrons. The maximum Gasteiger partial charge on any atom is 0.410 e.